The maximum atomic E-state index is 13.7. The van der Waals surface area contributed by atoms with Gasteiger partial charge in [0.25, 0.3) is 0 Å². The van der Waals surface area contributed by atoms with Crippen LogP contribution in [0.1, 0.15) is 58.5 Å². The molecule has 4 rings (SSSR count). The Hall–Kier alpha value is -3.25. The molecule has 6 heteroatoms. The number of benzene rings is 2. The molecule has 2 aromatic carbocycles. The molecule has 0 radical (unpaired) electrons. The fourth-order valence-corrected chi connectivity index (χ4v) is 4.55. The molecule has 2 aliphatic rings. The van der Waals surface area contributed by atoms with E-state index in [1.165, 1.54) is 17.4 Å². The Morgan fingerprint density at radius 2 is 1.62 bits per heavy atom. The number of morpholine rings is 1. The van der Waals surface area contributed by atoms with E-state index in [9.17, 15) is 14.4 Å². The third-order valence-corrected chi connectivity index (χ3v) is 6.07. The van der Waals surface area contributed by atoms with E-state index in [1.807, 2.05) is 30.0 Å². The highest BCUT2D eigenvalue weighted by molar-refractivity contribution is 6.29. The van der Waals surface area contributed by atoms with E-state index in [-0.39, 0.29) is 28.9 Å². The number of carbonyl (C=O) groups excluding carboxylic acids is 3. The zero-order chi connectivity index (χ0) is 23.0. The van der Waals surface area contributed by atoms with Gasteiger partial charge in [-0.15, -0.1) is 0 Å². The van der Waals surface area contributed by atoms with Crippen molar-refractivity contribution in [3.8, 4) is 0 Å². The summed E-state index contributed by atoms with van der Waals surface area (Å²) in [7, 11) is 0. The number of Topliss-reactive ketones (excluding diaryl/α,β-unsaturated/α-hetero) is 2. The van der Waals surface area contributed by atoms with Gasteiger partial charge in [0.1, 0.15) is 11.4 Å². The number of carbonyl (C=O) groups is 3. The molecule has 0 bridgehead atoms. The predicted octanol–water partition coefficient (Wildman–Crippen LogP) is 4.09. The van der Waals surface area contributed by atoms with Crippen LogP contribution in [0.15, 0.2) is 53.9 Å². The molecule has 0 spiro atoms. The van der Waals surface area contributed by atoms with E-state index in [4.69, 9.17) is 4.74 Å². The Morgan fingerprint density at radius 3 is 2.19 bits per heavy atom. The number of hydrogen-bond donors (Lipinski definition) is 0. The fourth-order valence-electron chi connectivity index (χ4n) is 4.55. The molecule has 0 saturated carbocycles. The number of hydrogen-bond acceptors (Lipinski definition) is 5. The summed E-state index contributed by atoms with van der Waals surface area (Å²) >= 11 is 0. The van der Waals surface area contributed by atoms with Gasteiger partial charge in [0, 0.05) is 36.8 Å². The van der Waals surface area contributed by atoms with Crippen molar-refractivity contribution in [1.82, 2.24) is 4.90 Å². The molecule has 1 heterocycles. The number of nitrogens with zero attached hydrogens (tertiary/aromatic N) is 2. The van der Waals surface area contributed by atoms with Crippen molar-refractivity contribution in [2.45, 2.75) is 33.6 Å². The number of aryl methyl sites for hydroxylation is 1. The maximum Gasteiger partial charge on any atom is 0.228 e. The molecule has 0 atom stereocenters. The average Bonchev–Trinajstić information content (AvgIpc) is 2.77. The molecule has 1 aliphatic heterocycles. The molecular weight excluding hydrogens is 404 g/mol. The highest BCUT2D eigenvalue weighted by Crippen LogP contribution is 2.35. The lowest BCUT2D eigenvalue weighted by Crippen LogP contribution is -2.45. The van der Waals surface area contributed by atoms with E-state index in [2.05, 4.69) is 13.8 Å². The smallest absolute Gasteiger partial charge is 0.228 e. The molecule has 166 valence electrons. The summed E-state index contributed by atoms with van der Waals surface area (Å²) in [5, 5.41) is 0. The number of allylic oxidation sites excluding steroid dienone is 2. The molecule has 1 aliphatic carbocycles. The Kier molecular flexibility index (Phi) is 5.98. The lowest BCUT2D eigenvalue weighted by Gasteiger charge is -2.36. The van der Waals surface area contributed by atoms with E-state index in [0.29, 0.717) is 49.0 Å². The first-order valence-electron chi connectivity index (χ1n) is 11.0. The van der Waals surface area contributed by atoms with Gasteiger partial charge in [0.15, 0.2) is 0 Å². The highest BCUT2D eigenvalue weighted by Gasteiger charge is 2.39. The first kappa shape index (κ1) is 22.0. The van der Waals surface area contributed by atoms with Gasteiger partial charge in [-0.3, -0.25) is 19.3 Å². The summed E-state index contributed by atoms with van der Waals surface area (Å²) in [5.41, 5.74) is 3.89. The standard InChI is InChI=1S/C26H28N2O4/c1-16(2)20-10-9-19(15-17(20)3)28(18(4)29)24-23(27-11-13-32-14-12-27)25(30)21-7-5-6-8-22(21)26(24)31/h5-10,15-16H,11-14H2,1-4H3. The summed E-state index contributed by atoms with van der Waals surface area (Å²) in [4.78, 5) is 43.6. The maximum absolute atomic E-state index is 13.7. The zero-order valence-corrected chi connectivity index (χ0v) is 19.0. The largest absolute Gasteiger partial charge is 0.378 e. The summed E-state index contributed by atoms with van der Waals surface area (Å²) in [6.07, 6.45) is 0. The second-order valence-corrected chi connectivity index (χ2v) is 8.55. The molecule has 1 saturated heterocycles. The van der Waals surface area contributed by atoms with Gasteiger partial charge in [-0.2, -0.15) is 0 Å². The van der Waals surface area contributed by atoms with Crippen molar-refractivity contribution in [3.05, 3.63) is 76.1 Å². The first-order valence-corrected chi connectivity index (χ1v) is 11.0. The van der Waals surface area contributed by atoms with Gasteiger partial charge in [0.2, 0.25) is 17.5 Å². The van der Waals surface area contributed by atoms with Gasteiger partial charge in [-0.05, 0) is 36.1 Å². The van der Waals surface area contributed by atoms with E-state index >= 15 is 0 Å². The van der Waals surface area contributed by atoms with Crippen molar-refractivity contribution in [3.63, 3.8) is 0 Å². The van der Waals surface area contributed by atoms with Crippen LogP contribution in [-0.4, -0.2) is 48.7 Å². The first-order chi connectivity index (χ1) is 15.3. The van der Waals surface area contributed by atoms with Crippen molar-refractivity contribution >= 4 is 23.2 Å². The monoisotopic (exact) mass is 432 g/mol. The lowest BCUT2D eigenvalue weighted by molar-refractivity contribution is -0.116. The van der Waals surface area contributed by atoms with Crippen LogP contribution in [-0.2, 0) is 9.53 Å². The summed E-state index contributed by atoms with van der Waals surface area (Å²) in [6.45, 7) is 9.54. The lowest BCUT2D eigenvalue weighted by atomic mass is 9.88. The van der Waals surface area contributed by atoms with Crippen molar-refractivity contribution in [1.29, 1.82) is 0 Å². The van der Waals surface area contributed by atoms with E-state index in [1.54, 1.807) is 24.3 Å². The molecule has 2 aromatic rings. The van der Waals surface area contributed by atoms with Gasteiger partial charge < -0.3 is 9.64 Å². The topological polar surface area (TPSA) is 66.9 Å². The molecule has 6 nitrogen and oxygen atoms in total. The number of fused-ring (bicyclic) bond motifs is 1. The zero-order valence-electron chi connectivity index (χ0n) is 19.0. The number of amides is 1. The molecule has 1 fully saturated rings. The number of ketones is 2. The molecule has 0 aromatic heterocycles. The van der Waals surface area contributed by atoms with Crippen molar-refractivity contribution in [2.75, 3.05) is 31.2 Å². The quantitative estimate of drug-likeness (QED) is 0.728. The third-order valence-electron chi connectivity index (χ3n) is 6.07. The minimum absolute atomic E-state index is 0.125. The normalized spacial score (nSPS) is 16.5. The summed E-state index contributed by atoms with van der Waals surface area (Å²) in [5.74, 6) is -0.535. The van der Waals surface area contributed by atoms with Gasteiger partial charge in [-0.1, -0.05) is 44.2 Å². The fraction of sp³-hybridized carbons (Fsp3) is 0.346. The van der Waals surface area contributed by atoms with Crippen LogP contribution in [0.5, 0.6) is 0 Å². The Labute approximate surface area is 188 Å². The predicted molar refractivity (Wildman–Crippen MR) is 123 cm³/mol. The summed E-state index contributed by atoms with van der Waals surface area (Å²) in [6, 6.07) is 12.6. The second-order valence-electron chi connectivity index (χ2n) is 8.55. The molecular formula is C26H28N2O4. The van der Waals surface area contributed by atoms with Crippen LogP contribution < -0.4 is 4.90 Å². The van der Waals surface area contributed by atoms with Gasteiger partial charge in [0.05, 0.1) is 13.2 Å². The molecule has 0 unspecified atom stereocenters. The van der Waals surface area contributed by atoms with Crippen LogP contribution in [0.3, 0.4) is 0 Å². The number of ether oxygens (including phenoxy) is 1. The SMILES string of the molecule is CC(=O)N(C1=C(N2CCOCC2)C(=O)c2ccccc2C1=O)c1ccc(C(C)C)c(C)c1. The third kappa shape index (κ3) is 3.75. The average molecular weight is 433 g/mol. The second kappa shape index (κ2) is 8.71. The minimum atomic E-state index is -0.317. The van der Waals surface area contributed by atoms with Gasteiger partial charge in [-0.25, -0.2) is 0 Å². The number of rotatable bonds is 4. The highest BCUT2D eigenvalue weighted by atomic mass is 16.5. The van der Waals surface area contributed by atoms with Crippen molar-refractivity contribution in [2.24, 2.45) is 0 Å². The Morgan fingerprint density at radius 1 is 1.00 bits per heavy atom. The van der Waals surface area contributed by atoms with E-state index in [0.717, 1.165) is 5.56 Å². The Balaban J connectivity index is 1.94. The minimum Gasteiger partial charge on any atom is -0.378 e. The van der Waals surface area contributed by atoms with Crippen LogP contribution in [0.2, 0.25) is 0 Å². The van der Waals surface area contributed by atoms with Crippen LogP contribution in [0.25, 0.3) is 0 Å². The Bertz CT molecular complexity index is 1130. The van der Waals surface area contributed by atoms with Crippen LogP contribution in [0, 0.1) is 6.92 Å². The number of anilines is 1. The van der Waals surface area contributed by atoms with Crippen LogP contribution >= 0.6 is 0 Å². The van der Waals surface area contributed by atoms with Crippen LogP contribution in [0.4, 0.5) is 5.69 Å². The van der Waals surface area contributed by atoms with Gasteiger partial charge >= 0.3 is 0 Å². The van der Waals surface area contributed by atoms with E-state index < -0.39 is 0 Å². The molecule has 32 heavy (non-hydrogen) atoms. The summed E-state index contributed by atoms with van der Waals surface area (Å²) < 4.78 is 5.46. The van der Waals surface area contributed by atoms with Crippen molar-refractivity contribution < 1.29 is 19.1 Å². The molecule has 1 amide bonds. The molecule has 0 N–H and O–H groups in total.